The van der Waals surface area contributed by atoms with E-state index >= 15 is 0 Å². The normalized spacial score (nSPS) is 12.9. The second-order valence-corrected chi connectivity index (χ2v) is 6.99. The van der Waals surface area contributed by atoms with Gasteiger partial charge in [0.1, 0.15) is 12.3 Å². The third kappa shape index (κ3) is 5.84. The van der Waals surface area contributed by atoms with Crippen molar-refractivity contribution in [2.45, 2.75) is 19.8 Å². The smallest absolute Gasteiger partial charge is 0.325 e. The molecule has 1 fully saturated rings. The highest BCUT2D eigenvalue weighted by Crippen LogP contribution is 2.29. The van der Waals surface area contributed by atoms with Crippen LogP contribution in [0.25, 0.3) is 0 Å². The van der Waals surface area contributed by atoms with Gasteiger partial charge in [0.15, 0.2) is 6.61 Å². The van der Waals surface area contributed by atoms with Crippen LogP contribution >= 0.6 is 0 Å². The van der Waals surface area contributed by atoms with Crippen molar-refractivity contribution in [1.29, 1.82) is 0 Å². The molecule has 3 amide bonds. The number of rotatable bonds is 9. The Kier molecular flexibility index (Phi) is 7.80. The van der Waals surface area contributed by atoms with Gasteiger partial charge in [0, 0.05) is 13.0 Å². The van der Waals surface area contributed by atoms with E-state index in [1.54, 1.807) is 60.4 Å². The number of anilines is 2. The Balaban J connectivity index is 1.48. The quantitative estimate of drug-likeness (QED) is 0.579. The van der Waals surface area contributed by atoms with Crippen molar-refractivity contribution in [3.05, 3.63) is 54.1 Å². The van der Waals surface area contributed by atoms with E-state index in [-0.39, 0.29) is 5.91 Å². The molecule has 0 radical (unpaired) electrons. The van der Waals surface area contributed by atoms with E-state index in [4.69, 9.17) is 9.47 Å². The van der Waals surface area contributed by atoms with Crippen LogP contribution in [0.1, 0.15) is 30.1 Å². The summed E-state index contributed by atoms with van der Waals surface area (Å²) in [5.74, 6) is -1.38. The first-order valence-corrected chi connectivity index (χ1v) is 10.3. The molecule has 2 aromatic carbocycles. The molecule has 9 nitrogen and oxygen atoms in total. The fraction of sp³-hybridized carbons (Fsp3) is 0.304. The Morgan fingerprint density at radius 2 is 1.81 bits per heavy atom. The number of hydrogen-bond donors (Lipinski definition) is 2. The number of hydrogen-bond acceptors (Lipinski definition) is 6. The monoisotopic (exact) mass is 439 g/mol. The van der Waals surface area contributed by atoms with E-state index in [1.165, 1.54) is 0 Å². The summed E-state index contributed by atoms with van der Waals surface area (Å²) in [4.78, 5) is 50.2. The molecule has 0 unspecified atom stereocenters. The molecule has 32 heavy (non-hydrogen) atoms. The van der Waals surface area contributed by atoms with Crippen molar-refractivity contribution >= 4 is 35.1 Å². The molecule has 1 aliphatic rings. The van der Waals surface area contributed by atoms with Gasteiger partial charge >= 0.3 is 5.97 Å². The number of amides is 3. The van der Waals surface area contributed by atoms with Crippen LogP contribution in [0.5, 0.6) is 5.75 Å². The maximum absolute atomic E-state index is 12.3. The molecule has 0 atom stereocenters. The molecular formula is C23H25N3O6. The standard InChI is InChI=1S/C23H25N3O6/c1-2-31-19-11-6-3-8-16(19)23(30)24-14-22(29)32-15-20(27)25-17-9-4-5-10-18(17)26-13-7-12-21(26)28/h3-6,8-11H,2,7,12-15H2,1H3,(H,24,30)(H,25,27). The van der Waals surface area contributed by atoms with Crippen LogP contribution in [0.4, 0.5) is 11.4 Å². The number of carbonyl (C=O) groups is 4. The summed E-state index contributed by atoms with van der Waals surface area (Å²) in [5.41, 5.74) is 1.37. The van der Waals surface area contributed by atoms with Crippen LogP contribution in [0, 0.1) is 0 Å². The average Bonchev–Trinajstić information content (AvgIpc) is 3.22. The van der Waals surface area contributed by atoms with Crippen LogP contribution in [0.15, 0.2) is 48.5 Å². The Morgan fingerprint density at radius 1 is 1.06 bits per heavy atom. The number of nitrogens with zero attached hydrogens (tertiary/aromatic N) is 1. The third-order valence-electron chi connectivity index (χ3n) is 4.73. The summed E-state index contributed by atoms with van der Waals surface area (Å²) in [7, 11) is 0. The van der Waals surface area contributed by atoms with E-state index in [1.807, 2.05) is 0 Å². The molecule has 0 saturated carbocycles. The van der Waals surface area contributed by atoms with Gasteiger partial charge in [-0.05, 0) is 37.6 Å². The molecule has 168 valence electrons. The van der Waals surface area contributed by atoms with Gasteiger partial charge in [-0.25, -0.2) is 0 Å². The second-order valence-electron chi connectivity index (χ2n) is 6.99. The lowest BCUT2D eigenvalue weighted by Gasteiger charge is -2.19. The van der Waals surface area contributed by atoms with E-state index < -0.39 is 30.9 Å². The zero-order valence-corrected chi connectivity index (χ0v) is 17.8. The Bertz CT molecular complexity index is 1010. The number of ether oxygens (including phenoxy) is 2. The lowest BCUT2D eigenvalue weighted by Crippen LogP contribution is -2.32. The Morgan fingerprint density at radius 3 is 2.56 bits per heavy atom. The summed E-state index contributed by atoms with van der Waals surface area (Å²) in [6.07, 6.45) is 1.24. The van der Waals surface area contributed by atoms with Crippen LogP contribution in [0.3, 0.4) is 0 Å². The number of esters is 1. The van der Waals surface area contributed by atoms with Gasteiger partial charge in [-0.15, -0.1) is 0 Å². The van der Waals surface area contributed by atoms with Gasteiger partial charge in [-0.1, -0.05) is 24.3 Å². The predicted molar refractivity (Wildman–Crippen MR) is 118 cm³/mol. The minimum Gasteiger partial charge on any atom is -0.493 e. The number of benzene rings is 2. The van der Waals surface area contributed by atoms with Crippen molar-refractivity contribution in [3.63, 3.8) is 0 Å². The van der Waals surface area contributed by atoms with Gasteiger partial charge in [0.05, 0.1) is 23.5 Å². The van der Waals surface area contributed by atoms with Crippen LogP contribution in [-0.2, 0) is 19.1 Å². The minimum absolute atomic E-state index is 0.000205. The molecule has 2 N–H and O–H groups in total. The van der Waals surface area contributed by atoms with E-state index in [0.717, 1.165) is 6.42 Å². The molecule has 0 aromatic heterocycles. The Hall–Kier alpha value is -3.88. The summed E-state index contributed by atoms with van der Waals surface area (Å²) in [6, 6.07) is 13.6. The molecular weight excluding hydrogens is 414 g/mol. The molecule has 2 aromatic rings. The number of nitrogens with one attached hydrogen (secondary N) is 2. The lowest BCUT2D eigenvalue weighted by molar-refractivity contribution is -0.146. The van der Waals surface area contributed by atoms with Crippen molar-refractivity contribution in [3.8, 4) is 5.75 Å². The Labute approximate surface area is 185 Å². The first-order valence-electron chi connectivity index (χ1n) is 10.3. The van der Waals surface area contributed by atoms with E-state index in [9.17, 15) is 19.2 Å². The van der Waals surface area contributed by atoms with Crippen molar-refractivity contribution in [1.82, 2.24) is 5.32 Å². The van der Waals surface area contributed by atoms with Crippen LogP contribution in [-0.4, -0.2) is 50.0 Å². The van der Waals surface area contributed by atoms with Crippen molar-refractivity contribution in [2.75, 3.05) is 36.5 Å². The topological polar surface area (TPSA) is 114 Å². The summed E-state index contributed by atoms with van der Waals surface area (Å²) < 4.78 is 10.3. The maximum atomic E-state index is 12.3. The largest absolute Gasteiger partial charge is 0.493 e. The summed E-state index contributed by atoms with van der Waals surface area (Å²) in [6.45, 7) is 1.87. The lowest BCUT2D eigenvalue weighted by atomic mass is 10.2. The fourth-order valence-electron chi connectivity index (χ4n) is 3.28. The molecule has 3 rings (SSSR count). The van der Waals surface area contributed by atoms with Crippen LogP contribution < -0.4 is 20.3 Å². The molecule has 0 spiro atoms. The fourth-order valence-corrected chi connectivity index (χ4v) is 3.28. The zero-order chi connectivity index (χ0) is 22.9. The SMILES string of the molecule is CCOc1ccccc1C(=O)NCC(=O)OCC(=O)Nc1ccccc1N1CCCC1=O. The highest BCUT2D eigenvalue weighted by atomic mass is 16.5. The van der Waals surface area contributed by atoms with Crippen LogP contribution in [0.2, 0.25) is 0 Å². The molecule has 9 heteroatoms. The minimum atomic E-state index is -0.759. The van der Waals surface area contributed by atoms with Gasteiger partial charge in [0.2, 0.25) is 5.91 Å². The highest BCUT2D eigenvalue weighted by Gasteiger charge is 2.24. The molecule has 1 heterocycles. The summed E-state index contributed by atoms with van der Waals surface area (Å²) in [5, 5.41) is 5.11. The number of carbonyl (C=O) groups excluding carboxylic acids is 4. The first-order chi connectivity index (χ1) is 15.5. The molecule has 0 aliphatic carbocycles. The van der Waals surface area contributed by atoms with Crippen molar-refractivity contribution < 1.29 is 28.7 Å². The maximum Gasteiger partial charge on any atom is 0.325 e. The number of para-hydroxylation sites is 3. The highest BCUT2D eigenvalue weighted by molar-refractivity contribution is 6.02. The third-order valence-corrected chi connectivity index (χ3v) is 4.73. The van der Waals surface area contributed by atoms with E-state index in [0.29, 0.717) is 42.3 Å². The molecule has 1 aliphatic heterocycles. The summed E-state index contributed by atoms with van der Waals surface area (Å²) >= 11 is 0. The predicted octanol–water partition coefficient (Wildman–Crippen LogP) is 2.12. The molecule has 0 bridgehead atoms. The first kappa shape index (κ1) is 22.8. The van der Waals surface area contributed by atoms with E-state index in [2.05, 4.69) is 10.6 Å². The molecule has 1 saturated heterocycles. The second kappa shape index (κ2) is 10.9. The average molecular weight is 439 g/mol. The zero-order valence-electron chi connectivity index (χ0n) is 17.8. The van der Waals surface area contributed by atoms with Gasteiger partial charge in [0.25, 0.3) is 11.8 Å². The van der Waals surface area contributed by atoms with Gasteiger partial charge < -0.3 is 25.0 Å². The van der Waals surface area contributed by atoms with Gasteiger partial charge in [-0.2, -0.15) is 0 Å². The van der Waals surface area contributed by atoms with Crippen molar-refractivity contribution in [2.24, 2.45) is 0 Å². The van der Waals surface area contributed by atoms with Gasteiger partial charge in [-0.3, -0.25) is 19.2 Å².